The van der Waals surface area contributed by atoms with Gasteiger partial charge in [-0.2, -0.15) is 0 Å². The molecule has 20 heavy (non-hydrogen) atoms. The summed E-state index contributed by atoms with van der Waals surface area (Å²) in [5, 5.41) is 13.3. The Morgan fingerprint density at radius 3 is 2.55 bits per heavy atom. The molecule has 0 aliphatic rings. The second kappa shape index (κ2) is 8.05. The molecule has 0 heterocycles. The maximum Gasteiger partial charge on any atom is 0.0431 e. The zero-order chi connectivity index (χ0) is 14.2. The number of rotatable bonds is 7. The fraction of sp³-hybridized carbons (Fsp3) is 0.294. The van der Waals surface area contributed by atoms with Crippen molar-refractivity contribution in [2.45, 2.75) is 25.4 Å². The Morgan fingerprint density at radius 2 is 1.85 bits per heavy atom. The molecule has 1 atom stereocenters. The van der Waals surface area contributed by atoms with Crippen LogP contribution in [0.5, 0.6) is 0 Å². The van der Waals surface area contributed by atoms with Crippen LogP contribution in [0.2, 0.25) is 5.02 Å². The first-order valence-corrected chi connectivity index (χ1v) is 7.31. The normalized spacial score (nSPS) is 12.3. The summed E-state index contributed by atoms with van der Waals surface area (Å²) in [6, 6.07) is 18.5. The van der Waals surface area contributed by atoms with Crippen LogP contribution in [0.1, 0.15) is 30.0 Å². The van der Waals surface area contributed by atoms with Crippen LogP contribution in [0.3, 0.4) is 0 Å². The summed E-state index contributed by atoms with van der Waals surface area (Å²) in [7, 11) is 0. The van der Waals surface area contributed by atoms with Gasteiger partial charge < -0.3 is 10.4 Å². The third-order valence-electron chi connectivity index (χ3n) is 3.29. The molecule has 2 rings (SSSR count). The van der Waals surface area contributed by atoms with Crippen LogP contribution < -0.4 is 5.32 Å². The first-order valence-electron chi connectivity index (χ1n) is 6.93. The number of nitrogens with one attached hydrogen (secondary N) is 1. The van der Waals surface area contributed by atoms with Crippen molar-refractivity contribution in [2.75, 3.05) is 6.61 Å². The van der Waals surface area contributed by atoms with Crippen LogP contribution in [-0.2, 0) is 6.54 Å². The Bertz CT molecular complexity index is 515. The highest BCUT2D eigenvalue weighted by Crippen LogP contribution is 2.19. The molecule has 0 amide bonds. The van der Waals surface area contributed by atoms with Crippen LogP contribution in [0.4, 0.5) is 0 Å². The quantitative estimate of drug-likeness (QED) is 0.809. The fourth-order valence-corrected chi connectivity index (χ4v) is 2.47. The third-order valence-corrected chi connectivity index (χ3v) is 3.53. The number of hydrogen-bond acceptors (Lipinski definition) is 2. The predicted octanol–water partition coefficient (Wildman–Crippen LogP) is 3.94. The SMILES string of the molecule is OCCCC(NCc1cccc(Cl)c1)c1ccccc1. The van der Waals surface area contributed by atoms with Gasteiger partial charge >= 0.3 is 0 Å². The molecule has 1 unspecified atom stereocenters. The zero-order valence-corrected chi connectivity index (χ0v) is 12.2. The van der Waals surface area contributed by atoms with Crippen molar-refractivity contribution in [3.05, 3.63) is 70.7 Å². The van der Waals surface area contributed by atoms with Crippen molar-refractivity contribution in [1.29, 1.82) is 0 Å². The lowest BCUT2D eigenvalue weighted by molar-refractivity contribution is 0.275. The molecule has 0 aliphatic heterocycles. The van der Waals surface area contributed by atoms with E-state index in [1.807, 2.05) is 36.4 Å². The Balaban J connectivity index is 2.01. The van der Waals surface area contributed by atoms with E-state index in [0.717, 1.165) is 24.4 Å². The number of benzene rings is 2. The molecular weight excluding hydrogens is 270 g/mol. The van der Waals surface area contributed by atoms with E-state index in [0.29, 0.717) is 0 Å². The maximum absolute atomic E-state index is 9.04. The van der Waals surface area contributed by atoms with Crippen LogP contribution in [0.25, 0.3) is 0 Å². The largest absolute Gasteiger partial charge is 0.396 e. The number of hydrogen-bond donors (Lipinski definition) is 2. The standard InChI is InChI=1S/C17H20ClNO/c18-16-9-4-6-14(12-16)13-19-17(10-5-11-20)15-7-2-1-3-8-15/h1-4,6-9,12,17,19-20H,5,10-11,13H2. The van der Waals surface area contributed by atoms with Gasteiger partial charge in [-0.25, -0.2) is 0 Å². The van der Waals surface area contributed by atoms with E-state index in [4.69, 9.17) is 16.7 Å². The van der Waals surface area contributed by atoms with Crippen LogP contribution >= 0.6 is 11.6 Å². The first-order chi connectivity index (χ1) is 9.79. The summed E-state index contributed by atoms with van der Waals surface area (Å²) in [6.45, 7) is 0.994. The topological polar surface area (TPSA) is 32.3 Å². The highest BCUT2D eigenvalue weighted by Gasteiger charge is 2.10. The third kappa shape index (κ3) is 4.64. The van der Waals surface area contributed by atoms with Crippen molar-refractivity contribution in [1.82, 2.24) is 5.32 Å². The van der Waals surface area contributed by atoms with Crippen molar-refractivity contribution in [3.8, 4) is 0 Å². The van der Waals surface area contributed by atoms with Gasteiger partial charge in [0.05, 0.1) is 0 Å². The van der Waals surface area contributed by atoms with E-state index in [-0.39, 0.29) is 12.6 Å². The van der Waals surface area contributed by atoms with Crippen molar-refractivity contribution in [2.24, 2.45) is 0 Å². The van der Waals surface area contributed by atoms with Gasteiger partial charge in [0, 0.05) is 24.2 Å². The molecule has 2 aromatic rings. The Hall–Kier alpha value is -1.35. The lowest BCUT2D eigenvalue weighted by atomic mass is 10.0. The molecule has 0 aliphatic carbocycles. The minimum Gasteiger partial charge on any atom is -0.396 e. The van der Waals surface area contributed by atoms with E-state index in [1.165, 1.54) is 11.1 Å². The molecule has 106 valence electrons. The molecule has 2 aromatic carbocycles. The Morgan fingerprint density at radius 1 is 1.05 bits per heavy atom. The average molecular weight is 290 g/mol. The molecule has 0 fully saturated rings. The van der Waals surface area contributed by atoms with E-state index in [1.54, 1.807) is 0 Å². The van der Waals surface area contributed by atoms with Crippen LogP contribution in [0, 0.1) is 0 Å². The predicted molar refractivity (Wildman–Crippen MR) is 83.8 cm³/mol. The molecule has 2 N–H and O–H groups in total. The lowest BCUT2D eigenvalue weighted by Gasteiger charge is -2.19. The molecular formula is C17H20ClNO. The number of halogens is 1. The van der Waals surface area contributed by atoms with Crippen molar-refractivity contribution < 1.29 is 5.11 Å². The highest BCUT2D eigenvalue weighted by molar-refractivity contribution is 6.30. The second-order valence-corrected chi connectivity index (χ2v) is 5.28. The summed E-state index contributed by atoms with van der Waals surface area (Å²) in [5.74, 6) is 0. The first kappa shape index (κ1) is 15.0. The van der Waals surface area contributed by atoms with Crippen LogP contribution in [-0.4, -0.2) is 11.7 Å². The smallest absolute Gasteiger partial charge is 0.0431 e. The summed E-state index contributed by atoms with van der Waals surface area (Å²) in [6.07, 6.45) is 1.71. The molecule has 2 nitrogen and oxygen atoms in total. The molecule has 0 aromatic heterocycles. The van der Waals surface area contributed by atoms with E-state index in [2.05, 4.69) is 23.5 Å². The number of aliphatic hydroxyl groups is 1. The van der Waals surface area contributed by atoms with Gasteiger partial charge in [0.2, 0.25) is 0 Å². The lowest BCUT2D eigenvalue weighted by Crippen LogP contribution is -2.21. The van der Waals surface area contributed by atoms with Crippen molar-refractivity contribution >= 4 is 11.6 Å². The van der Waals surface area contributed by atoms with Crippen LogP contribution in [0.15, 0.2) is 54.6 Å². The molecule has 0 radical (unpaired) electrons. The van der Waals surface area contributed by atoms with E-state index in [9.17, 15) is 0 Å². The van der Waals surface area contributed by atoms with Gasteiger partial charge in [0.15, 0.2) is 0 Å². The van der Waals surface area contributed by atoms with Gasteiger partial charge in [-0.1, -0.05) is 54.1 Å². The van der Waals surface area contributed by atoms with E-state index < -0.39 is 0 Å². The highest BCUT2D eigenvalue weighted by atomic mass is 35.5. The summed E-state index contributed by atoms with van der Waals surface area (Å²) in [5.41, 5.74) is 2.42. The molecule has 0 saturated heterocycles. The Kier molecular flexibility index (Phi) is 6.06. The summed E-state index contributed by atoms with van der Waals surface area (Å²) < 4.78 is 0. The van der Waals surface area contributed by atoms with Gasteiger partial charge in [-0.3, -0.25) is 0 Å². The Labute approximate surface area is 125 Å². The monoisotopic (exact) mass is 289 g/mol. The average Bonchev–Trinajstić information content (AvgIpc) is 2.48. The van der Waals surface area contributed by atoms with Gasteiger partial charge in [-0.15, -0.1) is 0 Å². The zero-order valence-electron chi connectivity index (χ0n) is 11.4. The van der Waals surface area contributed by atoms with Gasteiger partial charge in [0.1, 0.15) is 0 Å². The minimum atomic E-state index is 0.224. The summed E-state index contributed by atoms with van der Waals surface area (Å²) in [4.78, 5) is 0. The van der Waals surface area contributed by atoms with E-state index >= 15 is 0 Å². The van der Waals surface area contributed by atoms with Gasteiger partial charge in [-0.05, 0) is 36.1 Å². The second-order valence-electron chi connectivity index (χ2n) is 4.84. The maximum atomic E-state index is 9.04. The van der Waals surface area contributed by atoms with Crippen molar-refractivity contribution in [3.63, 3.8) is 0 Å². The molecule has 0 spiro atoms. The molecule has 0 saturated carbocycles. The summed E-state index contributed by atoms with van der Waals surface area (Å²) >= 11 is 6.00. The molecule has 0 bridgehead atoms. The molecule has 3 heteroatoms. The fourth-order valence-electron chi connectivity index (χ4n) is 2.26. The number of aliphatic hydroxyl groups excluding tert-OH is 1. The minimum absolute atomic E-state index is 0.224. The van der Waals surface area contributed by atoms with Gasteiger partial charge in [0.25, 0.3) is 0 Å².